The van der Waals surface area contributed by atoms with E-state index in [1.807, 2.05) is 7.05 Å². The van der Waals surface area contributed by atoms with Crippen molar-refractivity contribution in [2.75, 3.05) is 32.4 Å². The van der Waals surface area contributed by atoms with E-state index < -0.39 is 15.8 Å². The Bertz CT molecular complexity index is 485. The zero-order chi connectivity index (χ0) is 16.9. The highest BCUT2D eigenvalue weighted by Crippen LogP contribution is 2.24. The molecule has 1 amide bonds. The highest BCUT2D eigenvalue weighted by Gasteiger charge is 2.29. The number of hydrogen-bond acceptors (Lipinski definition) is 4. The summed E-state index contributed by atoms with van der Waals surface area (Å²) in [6.07, 6.45) is 5.91. The Kier molecular flexibility index (Phi) is 6.85. The maximum absolute atomic E-state index is 12.3. The molecule has 1 saturated heterocycles. The van der Waals surface area contributed by atoms with Gasteiger partial charge in [0.15, 0.2) is 0 Å². The molecule has 0 aromatic heterocycles. The summed E-state index contributed by atoms with van der Waals surface area (Å²) < 4.78 is 27.3. The van der Waals surface area contributed by atoms with Gasteiger partial charge < -0.3 is 10.2 Å². The number of amides is 1. The van der Waals surface area contributed by atoms with Crippen molar-refractivity contribution in [3.8, 4) is 0 Å². The number of carbonyl (C=O) groups is 1. The van der Waals surface area contributed by atoms with E-state index in [-0.39, 0.29) is 11.9 Å². The van der Waals surface area contributed by atoms with Crippen molar-refractivity contribution in [3.05, 3.63) is 0 Å². The lowest BCUT2D eigenvalue weighted by Gasteiger charge is -2.33. The molecule has 1 aliphatic heterocycles. The molecule has 2 fully saturated rings. The van der Waals surface area contributed by atoms with Gasteiger partial charge in [0.1, 0.15) is 5.75 Å². The predicted octanol–water partition coefficient (Wildman–Crippen LogP) is 0.943. The Morgan fingerprint density at radius 1 is 1.17 bits per heavy atom. The van der Waals surface area contributed by atoms with Crippen molar-refractivity contribution in [1.29, 1.82) is 0 Å². The molecule has 134 valence electrons. The van der Waals surface area contributed by atoms with E-state index in [2.05, 4.69) is 17.0 Å². The van der Waals surface area contributed by atoms with Crippen molar-refractivity contribution in [1.82, 2.24) is 14.9 Å². The second-order valence-corrected chi connectivity index (χ2v) is 8.99. The standard InChI is InChI=1S/C16H31N3O3S/c1-13-5-7-15(8-6-13)18-23(21,22)12-16(20)19-9-3-4-14(11-19)10-17-2/h13-15,17-18H,3-12H2,1-2H3. The van der Waals surface area contributed by atoms with Gasteiger partial charge in [-0.25, -0.2) is 13.1 Å². The topological polar surface area (TPSA) is 78.5 Å². The molecule has 1 atom stereocenters. The van der Waals surface area contributed by atoms with Crippen LogP contribution in [-0.2, 0) is 14.8 Å². The van der Waals surface area contributed by atoms with Crippen molar-refractivity contribution >= 4 is 15.9 Å². The largest absolute Gasteiger partial charge is 0.341 e. The number of nitrogens with one attached hydrogen (secondary N) is 2. The van der Waals surface area contributed by atoms with Crippen LogP contribution >= 0.6 is 0 Å². The van der Waals surface area contributed by atoms with Gasteiger partial charge in [0.05, 0.1) is 0 Å². The molecular weight excluding hydrogens is 314 g/mol. The van der Waals surface area contributed by atoms with Crippen LogP contribution in [0.1, 0.15) is 45.4 Å². The highest BCUT2D eigenvalue weighted by atomic mass is 32.2. The molecule has 0 bridgehead atoms. The number of piperidine rings is 1. The minimum atomic E-state index is -3.53. The monoisotopic (exact) mass is 345 g/mol. The minimum absolute atomic E-state index is 0.00222. The maximum Gasteiger partial charge on any atom is 0.239 e. The van der Waals surface area contributed by atoms with Crippen molar-refractivity contribution in [2.45, 2.75) is 51.5 Å². The number of sulfonamides is 1. The summed E-state index contributed by atoms with van der Waals surface area (Å²) in [4.78, 5) is 14.1. The van der Waals surface area contributed by atoms with Crippen molar-refractivity contribution < 1.29 is 13.2 Å². The Balaban J connectivity index is 1.83. The van der Waals surface area contributed by atoms with Crippen LogP contribution in [0.4, 0.5) is 0 Å². The van der Waals surface area contributed by atoms with Gasteiger partial charge in [-0.15, -0.1) is 0 Å². The lowest BCUT2D eigenvalue weighted by molar-refractivity contribution is -0.130. The second kappa shape index (κ2) is 8.44. The third-order valence-electron chi connectivity index (χ3n) is 5.04. The highest BCUT2D eigenvalue weighted by molar-refractivity contribution is 7.90. The summed E-state index contributed by atoms with van der Waals surface area (Å²) in [6.45, 7) is 4.41. The van der Waals surface area contributed by atoms with E-state index in [1.165, 1.54) is 0 Å². The smallest absolute Gasteiger partial charge is 0.239 e. The fourth-order valence-corrected chi connectivity index (χ4v) is 5.01. The van der Waals surface area contributed by atoms with Crippen LogP contribution < -0.4 is 10.0 Å². The van der Waals surface area contributed by atoms with E-state index in [0.29, 0.717) is 24.9 Å². The SMILES string of the molecule is CNCC1CCCN(C(=O)CS(=O)(=O)NC2CCC(C)CC2)C1. The fourth-order valence-electron chi connectivity index (χ4n) is 3.67. The average molecular weight is 346 g/mol. The van der Waals surface area contributed by atoms with E-state index >= 15 is 0 Å². The Hall–Kier alpha value is -0.660. The van der Waals surface area contributed by atoms with Crippen LogP contribution in [0.2, 0.25) is 0 Å². The summed E-state index contributed by atoms with van der Waals surface area (Å²) in [6, 6.07) is 0.00222. The van der Waals surface area contributed by atoms with E-state index in [4.69, 9.17) is 0 Å². The molecule has 6 nitrogen and oxygen atoms in total. The molecule has 2 rings (SSSR count). The number of hydrogen-bond donors (Lipinski definition) is 2. The molecule has 23 heavy (non-hydrogen) atoms. The molecule has 7 heteroatoms. The van der Waals surface area contributed by atoms with Gasteiger partial charge in [-0.05, 0) is 64.0 Å². The summed E-state index contributed by atoms with van der Waals surface area (Å²) in [7, 11) is -1.63. The first kappa shape index (κ1) is 18.7. The first-order valence-corrected chi connectivity index (χ1v) is 10.5. The van der Waals surface area contributed by atoms with Gasteiger partial charge in [0.25, 0.3) is 0 Å². The average Bonchev–Trinajstić information content (AvgIpc) is 2.49. The van der Waals surface area contributed by atoms with E-state index in [1.54, 1.807) is 4.90 Å². The van der Waals surface area contributed by atoms with E-state index in [9.17, 15) is 13.2 Å². The number of nitrogens with zero attached hydrogens (tertiary/aromatic N) is 1. The molecule has 1 unspecified atom stereocenters. The van der Waals surface area contributed by atoms with Crippen LogP contribution in [0.15, 0.2) is 0 Å². The zero-order valence-corrected chi connectivity index (χ0v) is 15.2. The maximum atomic E-state index is 12.3. The summed E-state index contributed by atoms with van der Waals surface area (Å²) >= 11 is 0. The molecule has 0 aromatic carbocycles. The van der Waals surface area contributed by atoms with Crippen molar-refractivity contribution in [3.63, 3.8) is 0 Å². The Morgan fingerprint density at radius 2 is 1.87 bits per heavy atom. The minimum Gasteiger partial charge on any atom is -0.341 e. The van der Waals surface area contributed by atoms with Gasteiger partial charge in [-0.3, -0.25) is 4.79 Å². The van der Waals surface area contributed by atoms with E-state index in [0.717, 1.165) is 45.1 Å². The number of likely N-dealkylation sites (tertiary alicyclic amines) is 1. The molecular formula is C16H31N3O3S. The van der Waals surface area contributed by atoms with Gasteiger partial charge in [0.2, 0.25) is 15.9 Å². The van der Waals surface area contributed by atoms with Gasteiger partial charge >= 0.3 is 0 Å². The third-order valence-corrected chi connectivity index (χ3v) is 6.36. The molecule has 2 aliphatic rings. The number of carbonyl (C=O) groups excluding carboxylic acids is 1. The van der Waals surface area contributed by atoms with Gasteiger partial charge in [-0.1, -0.05) is 6.92 Å². The lowest BCUT2D eigenvalue weighted by atomic mass is 9.88. The molecule has 2 N–H and O–H groups in total. The normalized spacial score (nSPS) is 29.5. The first-order valence-electron chi connectivity index (χ1n) is 8.82. The predicted molar refractivity (Wildman–Crippen MR) is 91.6 cm³/mol. The van der Waals surface area contributed by atoms with Gasteiger partial charge in [-0.2, -0.15) is 0 Å². The van der Waals surface area contributed by atoms with Crippen LogP contribution in [0, 0.1) is 11.8 Å². The first-order chi connectivity index (χ1) is 10.9. The van der Waals surface area contributed by atoms with Crippen LogP contribution in [0.5, 0.6) is 0 Å². The molecule has 0 radical (unpaired) electrons. The summed E-state index contributed by atoms with van der Waals surface area (Å²) in [5, 5.41) is 3.13. The summed E-state index contributed by atoms with van der Waals surface area (Å²) in [5.74, 6) is 0.427. The number of rotatable bonds is 6. The Morgan fingerprint density at radius 3 is 2.52 bits per heavy atom. The molecule has 0 aromatic rings. The third kappa shape index (κ3) is 6.04. The summed E-state index contributed by atoms with van der Waals surface area (Å²) in [5.41, 5.74) is 0. The van der Waals surface area contributed by atoms with Crippen LogP contribution in [0.25, 0.3) is 0 Å². The zero-order valence-electron chi connectivity index (χ0n) is 14.4. The second-order valence-electron chi connectivity index (χ2n) is 7.24. The van der Waals surface area contributed by atoms with Gasteiger partial charge in [0, 0.05) is 19.1 Å². The Labute approximate surface area is 140 Å². The molecule has 1 heterocycles. The van der Waals surface area contributed by atoms with Crippen LogP contribution in [0.3, 0.4) is 0 Å². The molecule has 1 saturated carbocycles. The fraction of sp³-hybridized carbons (Fsp3) is 0.938. The van der Waals surface area contributed by atoms with Crippen molar-refractivity contribution in [2.24, 2.45) is 11.8 Å². The quantitative estimate of drug-likeness (QED) is 0.751. The lowest BCUT2D eigenvalue weighted by Crippen LogP contribution is -2.47. The molecule has 0 spiro atoms. The van der Waals surface area contributed by atoms with Crippen LogP contribution in [-0.4, -0.2) is 57.7 Å². The molecule has 1 aliphatic carbocycles.